The molecule has 0 radical (unpaired) electrons. The molecule has 0 saturated carbocycles. The highest BCUT2D eigenvalue weighted by Gasteiger charge is 2.19. The molecule has 2 fully saturated rings. The van der Waals surface area contributed by atoms with Crippen molar-refractivity contribution in [3.05, 3.63) is 57.9 Å². The molecule has 5 heterocycles. The van der Waals surface area contributed by atoms with Crippen LogP contribution in [0.4, 0.5) is 5.69 Å². The van der Waals surface area contributed by atoms with Gasteiger partial charge >= 0.3 is 0 Å². The first-order chi connectivity index (χ1) is 16.0. The average molecular weight is 456 g/mol. The number of nitrogen functional groups attached to an aromatic ring is 1. The fourth-order valence-electron chi connectivity index (χ4n) is 3.62. The number of hydrogen-bond acceptors (Lipinski definition) is 9. The Labute approximate surface area is 191 Å². The lowest BCUT2D eigenvalue weighted by Gasteiger charge is -2.13. The first kappa shape index (κ1) is 23.2. The average Bonchev–Trinajstić information content (AvgIpc) is 3.51. The molecule has 176 valence electrons. The second kappa shape index (κ2) is 10.8. The standard InChI is InChI=1S/C12H13N3O3.C11H16N2O2/c1-8-2-3-9-12(14-8)15(10(16)6-13-9)7-11-17-4-5-18-11;1-8-2-3-9(12)10(13-8)4-5-11-14-6-7-15-11/h2-3,6,11H,4-5,7H2,1H3;2-3,11H,4-7,12H2,1H3. The molecule has 2 aliphatic heterocycles. The van der Waals surface area contributed by atoms with E-state index in [0.717, 1.165) is 35.6 Å². The van der Waals surface area contributed by atoms with Gasteiger partial charge in [0.1, 0.15) is 5.52 Å². The highest BCUT2D eigenvalue weighted by atomic mass is 16.7. The third kappa shape index (κ3) is 6.11. The summed E-state index contributed by atoms with van der Waals surface area (Å²) >= 11 is 0. The van der Waals surface area contributed by atoms with Crippen LogP contribution >= 0.6 is 0 Å². The Balaban J connectivity index is 0.000000160. The van der Waals surface area contributed by atoms with Gasteiger partial charge in [0, 0.05) is 17.8 Å². The zero-order valence-electron chi connectivity index (χ0n) is 18.9. The molecule has 2 saturated heterocycles. The molecule has 0 spiro atoms. The summed E-state index contributed by atoms with van der Waals surface area (Å²) in [6.07, 6.45) is 2.47. The maximum Gasteiger partial charge on any atom is 0.270 e. The summed E-state index contributed by atoms with van der Waals surface area (Å²) < 4.78 is 23.0. The fraction of sp³-hybridized carbons (Fsp3) is 0.478. The van der Waals surface area contributed by atoms with Crippen molar-refractivity contribution in [2.45, 2.75) is 45.8 Å². The van der Waals surface area contributed by atoms with Crippen molar-refractivity contribution < 1.29 is 18.9 Å². The minimum atomic E-state index is -0.379. The van der Waals surface area contributed by atoms with Gasteiger partial charge in [0.25, 0.3) is 5.56 Å². The number of nitrogens with zero attached hydrogens (tertiary/aromatic N) is 4. The Morgan fingerprint density at radius 1 is 0.939 bits per heavy atom. The molecule has 3 aromatic rings. The second-order valence-electron chi connectivity index (χ2n) is 7.87. The zero-order chi connectivity index (χ0) is 23.2. The Morgan fingerprint density at radius 2 is 1.58 bits per heavy atom. The molecule has 0 bridgehead atoms. The van der Waals surface area contributed by atoms with Crippen LogP contribution in [0, 0.1) is 13.8 Å². The van der Waals surface area contributed by atoms with E-state index in [1.54, 1.807) is 4.57 Å². The summed E-state index contributed by atoms with van der Waals surface area (Å²) in [5, 5.41) is 0. The van der Waals surface area contributed by atoms with E-state index >= 15 is 0 Å². The van der Waals surface area contributed by atoms with E-state index in [4.69, 9.17) is 24.7 Å². The van der Waals surface area contributed by atoms with Crippen LogP contribution in [0.15, 0.2) is 35.3 Å². The number of fused-ring (bicyclic) bond motifs is 1. The Morgan fingerprint density at radius 3 is 2.30 bits per heavy atom. The second-order valence-corrected chi connectivity index (χ2v) is 7.87. The van der Waals surface area contributed by atoms with E-state index in [9.17, 15) is 4.79 Å². The highest BCUT2D eigenvalue weighted by molar-refractivity contribution is 5.69. The summed E-state index contributed by atoms with van der Waals surface area (Å²) in [7, 11) is 0. The lowest BCUT2D eigenvalue weighted by Crippen LogP contribution is -2.28. The molecule has 2 aliphatic rings. The molecular formula is C23H29N5O5. The van der Waals surface area contributed by atoms with Gasteiger partial charge in [0.2, 0.25) is 0 Å². The molecule has 33 heavy (non-hydrogen) atoms. The van der Waals surface area contributed by atoms with Gasteiger partial charge < -0.3 is 24.7 Å². The summed E-state index contributed by atoms with van der Waals surface area (Å²) in [5.41, 5.74) is 10.4. The van der Waals surface area contributed by atoms with E-state index in [2.05, 4.69) is 15.0 Å². The monoisotopic (exact) mass is 455 g/mol. The molecule has 0 atom stereocenters. The normalized spacial score (nSPS) is 16.8. The first-order valence-electron chi connectivity index (χ1n) is 11.0. The minimum absolute atomic E-state index is 0.0771. The van der Waals surface area contributed by atoms with Crippen LogP contribution in [0.5, 0.6) is 0 Å². The van der Waals surface area contributed by atoms with Crippen LogP contribution in [-0.4, -0.2) is 58.5 Å². The van der Waals surface area contributed by atoms with Gasteiger partial charge in [-0.05, 0) is 44.5 Å². The van der Waals surface area contributed by atoms with Crippen molar-refractivity contribution in [3.8, 4) is 0 Å². The van der Waals surface area contributed by atoms with E-state index in [1.807, 2.05) is 38.1 Å². The highest BCUT2D eigenvalue weighted by Crippen LogP contribution is 2.16. The number of aryl methyl sites for hydroxylation is 3. The smallest absolute Gasteiger partial charge is 0.270 e. The van der Waals surface area contributed by atoms with Crippen LogP contribution in [0.3, 0.4) is 0 Å². The number of nitrogens with two attached hydrogens (primary N) is 1. The van der Waals surface area contributed by atoms with Crippen molar-refractivity contribution in [1.29, 1.82) is 0 Å². The fourth-order valence-corrected chi connectivity index (χ4v) is 3.62. The van der Waals surface area contributed by atoms with Gasteiger partial charge in [0.15, 0.2) is 18.2 Å². The number of aromatic nitrogens is 4. The molecule has 0 amide bonds. The maximum absolute atomic E-state index is 11.9. The summed E-state index contributed by atoms with van der Waals surface area (Å²) in [4.78, 5) is 24.7. The van der Waals surface area contributed by atoms with Crippen LogP contribution in [-0.2, 0) is 31.9 Å². The lowest BCUT2D eigenvalue weighted by molar-refractivity contribution is -0.0524. The first-order valence-corrected chi connectivity index (χ1v) is 11.0. The van der Waals surface area contributed by atoms with E-state index < -0.39 is 0 Å². The Bertz CT molecular complexity index is 1140. The van der Waals surface area contributed by atoms with Gasteiger partial charge in [-0.25, -0.2) is 9.97 Å². The van der Waals surface area contributed by atoms with Gasteiger partial charge in [-0.2, -0.15) is 0 Å². The molecule has 5 rings (SSSR count). The number of ether oxygens (including phenoxy) is 4. The van der Waals surface area contributed by atoms with Gasteiger partial charge in [0.05, 0.1) is 50.6 Å². The number of rotatable bonds is 5. The van der Waals surface area contributed by atoms with E-state index in [1.165, 1.54) is 6.20 Å². The van der Waals surface area contributed by atoms with Crippen molar-refractivity contribution >= 4 is 16.9 Å². The predicted octanol–water partition coefficient (Wildman–Crippen LogP) is 1.75. The summed E-state index contributed by atoms with van der Waals surface area (Å²) in [5.74, 6) is 0. The predicted molar refractivity (Wildman–Crippen MR) is 122 cm³/mol. The summed E-state index contributed by atoms with van der Waals surface area (Å²) in [6, 6.07) is 7.53. The number of anilines is 1. The zero-order valence-corrected chi connectivity index (χ0v) is 18.9. The molecule has 2 N–H and O–H groups in total. The molecule has 0 aromatic carbocycles. The van der Waals surface area contributed by atoms with Gasteiger partial charge in [-0.3, -0.25) is 14.3 Å². The van der Waals surface area contributed by atoms with Crippen LogP contribution in [0.1, 0.15) is 23.5 Å². The molecular weight excluding hydrogens is 426 g/mol. The molecule has 0 unspecified atom stereocenters. The molecule has 10 nitrogen and oxygen atoms in total. The van der Waals surface area contributed by atoms with E-state index in [-0.39, 0.29) is 18.1 Å². The largest absolute Gasteiger partial charge is 0.397 e. The SMILES string of the molecule is Cc1ccc(N)c(CCC2OCCO2)n1.Cc1ccc2ncc(=O)n(CC3OCCO3)c2n1. The molecule has 10 heteroatoms. The Hall–Kier alpha value is -2.92. The number of hydrogen-bond donors (Lipinski definition) is 1. The third-order valence-corrected chi connectivity index (χ3v) is 5.31. The molecule has 0 aliphatic carbocycles. The van der Waals surface area contributed by atoms with Gasteiger partial charge in [-0.15, -0.1) is 0 Å². The summed E-state index contributed by atoms with van der Waals surface area (Å²) in [6.45, 7) is 6.70. The minimum Gasteiger partial charge on any atom is -0.397 e. The van der Waals surface area contributed by atoms with Crippen molar-refractivity contribution in [2.75, 3.05) is 32.2 Å². The lowest BCUT2D eigenvalue weighted by atomic mass is 10.1. The van der Waals surface area contributed by atoms with Crippen LogP contribution in [0.25, 0.3) is 11.2 Å². The Kier molecular flexibility index (Phi) is 7.61. The van der Waals surface area contributed by atoms with Crippen molar-refractivity contribution in [1.82, 2.24) is 19.5 Å². The van der Waals surface area contributed by atoms with Crippen LogP contribution in [0.2, 0.25) is 0 Å². The topological polar surface area (TPSA) is 124 Å². The van der Waals surface area contributed by atoms with Gasteiger partial charge in [-0.1, -0.05) is 0 Å². The van der Waals surface area contributed by atoms with Crippen molar-refractivity contribution in [3.63, 3.8) is 0 Å². The van der Waals surface area contributed by atoms with E-state index in [0.29, 0.717) is 44.1 Å². The third-order valence-electron chi connectivity index (χ3n) is 5.31. The van der Waals surface area contributed by atoms with Crippen molar-refractivity contribution in [2.24, 2.45) is 0 Å². The number of pyridine rings is 2. The quantitative estimate of drug-likeness (QED) is 0.613. The maximum atomic E-state index is 11.9. The molecule has 3 aromatic heterocycles. The van der Waals surface area contributed by atoms with Crippen LogP contribution < -0.4 is 11.3 Å².